The quantitative estimate of drug-likeness (QED) is 0.180. The number of piperazine rings is 1. The van der Waals surface area contributed by atoms with Gasteiger partial charge in [-0.15, -0.1) is 23.4 Å². The highest BCUT2D eigenvalue weighted by molar-refractivity contribution is 7.18. The second-order valence-electron chi connectivity index (χ2n) is 10.9. The van der Waals surface area contributed by atoms with Gasteiger partial charge in [-0.05, 0) is 80.1 Å². The SMILES string of the molecule is CCN1CCN(c2cc3c(cc2Nc2nnc(-c4ccc(F)cc4)s2)nc(-c2ccc(OC(F)(F)F)cc2)n3C2CC2)CC1. The maximum absolute atomic E-state index is 13.5. The highest BCUT2D eigenvalue weighted by Crippen LogP contribution is 2.44. The Labute approximate surface area is 254 Å². The van der Waals surface area contributed by atoms with Crippen molar-refractivity contribution in [2.24, 2.45) is 0 Å². The average Bonchev–Trinajstić information content (AvgIpc) is 3.63. The van der Waals surface area contributed by atoms with Gasteiger partial charge in [0.1, 0.15) is 22.4 Å². The number of imidazole rings is 1. The van der Waals surface area contributed by atoms with Crippen LogP contribution in [0, 0.1) is 5.82 Å². The van der Waals surface area contributed by atoms with E-state index in [4.69, 9.17) is 4.98 Å². The molecule has 1 saturated carbocycles. The summed E-state index contributed by atoms with van der Waals surface area (Å²) in [6, 6.07) is 16.5. The Morgan fingerprint density at radius 1 is 0.932 bits per heavy atom. The van der Waals surface area contributed by atoms with Crippen molar-refractivity contribution < 1.29 is 22.3 Å². The van der Waals surface area contributed by atoms with Gasteiger partial charge in [0.05, 0.1) is 22.4 Å². The van der Waals surface area contributed by atoms with Gasteiger partial charge in [-0.2, -0.15) is 0 Å². The van der Waals surface area contributed by atoms with Crippen LogP contribution >= 0.6 is 11.3 Å². The fourth-order valence-electron chi connectivity index (χ4n) is 5.61. The summed E-state index contributed by atoms with van der Waals surface area (Å²) in [6.45, 7) is 6.77. The Hall–Kier alpha value is -4.23. The Bertz CT molecular complexity index is 1770. The van der Waals surface area contributed by atoms with Crippen molar-refractivity contribution in [1.82, 2.24) is 24.6 Å². The molecule has 7 rings (SSSR count). The summed E-state index contributed by atoms with van der Waals surface area (Å²) in [5.41, 5.74) is 5.09. The molecule has 1 N–H and O–H groups in total. The highest BCUT2D eigenvalue weighted by atomic mass is 32.1. The van der Waals surface area contributed by atoms with Gasteiger partial charge in [-0.1, -0.05) is 18.3 Å². The van der Waals surface area contributed by atoms with E-state index in [0.717, 1.165) is 73.5 Å². The van der Waals surface area contributed by atoms with Gasteiger partial charge in [0.15, 0.2) is 0 Å². The second kappa shape index (κ2) is 11.4. The van der Waals surface area contributed by atoms with Crippen molar-refractivity contribution in [3.63, 3.8) is 0 Å². The monoisotopic (exact) mass is 623 g/mol. The summed E-state index contributed by atoms with van der Waals surface area (Å²) in [5, 5.41) is 13.4. The fraction of sp³-hybridized carbons (Fsp3) is 0.323. The van der Waals surface area contributed by atoms with E-state index in [-0.39, 0.29) is 17.6 Å². The van der Waals surface area contributed by atoms with Crippen LogP contribution in [0.5, 0.6) is 5.75 Å². The van der Waals surface area contributed by atoms with Crippen molar-refractivity contribution in [2.45, 2.75) is 32.2 Å². The average molecular weight is 624 g/mol. The summed E-state index contributed by atoms with van der Waals surface area (Å²) < 4.78 is 58.0. The molecular formula is C31H29F4N7OS. The van der Waals surface area contributed by atoms with Gasteiger partial charge in [0.25, 0.3) is 0 Å². The van der Waals surface area contributed by atoms with Gasteiger partial charge < -0.3 is 24.4 Å². The topological polar surface area (TPSA) is 71.3 Å². The number of nitrogens with zero attached hydrogens (tertiary/aromatic N) is 6. The molecule has 0 bridgehead atoms. The van der Waals surface area contributed by atoms with Crippen molar-refractivity contribution in [3.8, 4) is 27.7 Å². The first-order chi connectivity index (χ1) is 21.2. The molecule has 0 radical (unpaired) electrons. The van der Waals surface area contributed by atoms with Crippen molar-refractivity contribution in [1.29, 1.82) is 0 Å². The molecule has 44 heavy (non-hydrogen) atoms. The molecule has 0 atom stereocenters. The van der Waals surface area contributed by atoms with Crippen LogP contribution in [0.3, 0.4) is 0 Å². The molecule has 1 aliphatic carbocycles. The minimum absolute atomic E-state index is 0.270. The van der Waals surface area contributed by atoms with E-state index in [9.17, 15) is 17.6 Å². The van der Waals surface area contributed by atoms with E-state index >= 15 is 0 Å². The number of fused-ring (bicyclic) bond motifs is 1. The largest absolute Gasteiger partial charge is 0.573 e. The van der Waals surface area contributed by atoms with E-state index in [1.807, 2.05) is 6.07 Å². The number of halogens is 4. The van der Waals surface area contributed by atoms with Crippen LogP contribution < -0.4 is 15.0 Å². The summed E-state index contributed by atoms with van der Waals surface area (Å²) >= 11 is 1.38. The lowest BCUT2D eigenvalue weighted by Gasteiger charge is -2.36. The third kappa shape index (κ3) is 5.93. The zero-order chi connectivity index (χ0) is 30.4. The Kier molecular flexibility index (Phi) is 7.37. The third-order valence-corrected chi connectivity index (χ3v) is 8.87. The molecule has 2 fully saturated rings. The van der Waals surface area contributed by atoms with Crippen LogP contribution in [0.2, 0.25) is 0 Å². The molecule has 2 aromatic heterocycles. The van der Waals surface area contributed by atoms with Gasteiger partial charge >= 0.3 is 6.36 Å². The Morgan fingerprint density at radius 2 is 1.64 bits per heavy atom. The number of nitrogens with one attached hydrogen (secondary N) is 1. The number of likely N-dealkylation sites (N-methyl/N-ethyl adjacent to an activating group) is 1. The number of alkyl halides is 3. The Morgan fingerprint density at radius 3 is 2.30 bits per heavy atom. The molecule has 0 amide bonds. The fourth-order valence-corrected chi connectivity index (χ4v) is 6.37. The maximum atomic E-state index is 13.5. The zero-order valence-corrected chi connectivity index (χ0v) is 24.6. The molecular weight excluding hydrogens is 594 g/mol. The first-order valence-corrected chi connectivity index (χ1v) is 15.3. The van der Waals surface area contributed by atoms with Gasteiger partial charge in [-0.3, -0.25) is 0 Å². The van der Waals surface area contributed by atoms with Crippen molar-refractivity contribution in [3.05, 3.63) is 66.5 Å². The molecule has 1 saturated heterocycles. The second-order valence-corrected chi connectivity index (χ2v) is 11.9. The molecule has 228 valence electrons. The number of anilines is 3. The normalized spacial score (nSPS) is 16.1. The molecule has 3 heterocycles. The molecule has 8 nitrogen and oxygen atoms in total. The number of hydrogen-bond acceptors (Lipinski definition) is 8. The first kappa shape index (κ1) is 28.5. The van der Waals surface area contributed by atoms with Crippen LogP contribution in [0.25, 0.3) is 33.0 Å². The molecule has 0 spiro atoms. The summed E-state index contributed by atoms with van der Waals surface area (Å²) in [6.07, 6.45) is -2.73. The minimum Gasteiger partial charge on any atom is -0.406 e. The third-order valence-electron chi connectivity index (χ3n) is 7.98. The minimum atomic E-state index is -4.75. The molecule has 13 heteroatoms. The summed E-state index contributed by atoms with van der Waals surface area (Å²) in [7, 11) is 0. The van der Waals surface area contributed by atoms with Gasteiger partial charge in [0, 0.05) is 43.3 Å². The molecule has 2 aliphatic rings. The lowest BCUT2D eigenvalue weighted by molar-refractivity contribution is -0.274. The van der Waals surface area contributed by atoms with Crippen LogP contribution in [0.1, 0.15) is 25.8 Å². The molecule has 3 aromatic carbocycles. The van der Waals surface area contributed by atoms with Crippen molar-refractivity contribution >= 4 is 38.9 Å². The number of rotatable bonds is 8. The predicted octanol–water partition coefficient (Wildman–Crippen LogP) is 7.48. The van der Waals surface area contributed by atoms with E-state index in [2.05, 4.69) is 47.6 Å². The Balaban J connectivity index is 1.28. The van der Waals surface area contributed by atoms with Crippen LogP contribution in [0.4, 0.5) is 34.1 Å². The van der Waals surface area contributed by atoms with E-state index in [0.29, 0.717) is 21.5 Å². The lowest BCUT2D eigenvalue weighted by Crippen LogP contribution is -2.46. The van der Waals surface area contributed by atoms with E-state index < -0.39 is 6.36 Å². The molecule has 1 aliphatic heterocycles. The number of hydrogen-bond donors (Lipinski definition) is 1. The maximum Gasteiger partial charge on any atom is 0.573 e. The smallest absolute Gasteiger partial charge is 0.406 e. The molecule has 5 aromatic rings. The van der Waals surface area contributed by atoms with E-state index in [1.54, 1.807) is 24.3 Å². The zero-order valence-electron chi connectivity index (χ0n) is 23.8. The van der Waals surface area contributed by atoms with Crippen LogP contribution in [-0.4, -0.2) is 63.7 Å². The molecule has 0 unspecified atom stereocenters. The lowest BCUT2D eigenvalue weighted by atomic mass is 10.2. The number of aromatic nitrogens is 4. The first-order valence-electron chi connectivity index (χ1n) is 14.5. The summed E-state index contributed by atoms with van der Waals surface area (Å²) in [5.74, 6) is 0.121. The standard InChI is InChI=1S/C31H29F4N7OS/c1-2-40-13-15-41(16-14-40)26-18-27-25(17-24(26)37-30-39-38-29(44-30)20-3-7-21(32)8-4-20)36-28(42(27)22-9-10-22)19-5-11-23(12-6-19)43-31(33,34)35/h3-8,11-12,17-18,22H,2,9-10,13-16H2,1H3,(H,37,39). The number of ether oxygens (including phenoxy) is 1. The van der Waals surface area contributed by atoms with Gasteiger partial charge in [-0.25, -0.2) is 9.37 Å². The summed E-state index contributed by atoms with van der Waals surface area (Å²) in [4.78, 5) is 9.77. The predicted molar refractivity (Wildman–Crippen MR) is 163 cm³/mol. The highest BCUT2D eigenvalue weighted by Gasteiger charge is 2.32. The van der Waals surface area contributed by atoms with Crippen LogP contribution in [0.15, 0.2) is 60.7 Å². The van der Waals surface area contributed by atoms with Gasteiger partial charge in [0.2, 0.25) is 5.13 Å². The van der Waals surface area contributed by atoms with Crippen molar-refractivity contribution in [2.75, 3.05) is 42.9 Å². The van der Waals surface area contributed by atoms with Crippen LogP contribution in [-0.2, 0) is 0 Å². The number of benzene rings is 3. The van der Waals surface area contributed by atoms with E-state index in [1.165, 1.54) is 35.6 Å².